The van der Waals surface area contributed by atoms with Gasteiger partial charge in [-0.3, -0.25) is 4.90 Å². The van der Waals surface area contributed by atoms with E-state index in [0.717, 1.165) is 19.5 Å². The van der Waals surface area contributed by atoms with Crippen LogP contribution in [-0.4, -0.2) is 11.9 Å². The van der Waals surface area contributed by atoms with Crippen molar-refractivity contribution in [2.75, 3.05) is 7.05 Å². The Balaban J connectivity index is 1.91. The van der Waals surface area contributed by atoms with Gasteiger partial charge in [-0.1, -0.05) is 55.5 Å². The Morgan fingerprint density at radius 1 is 0.750 bits per heavy atom. The highest BCUT2D eigenvalue weighted by atomic mass is 15.1. The summed E-state index contributed by atoms with van der Waals surface area (Å²) in [6, 6.07) is 17.5. The van der Waals surface area contributed by atoms with Gasteiger partial charge in [0.1, 0.15) is 0 Å². The van der Waals surface area contributed by atoms with Crippen LogP contribution in [0, 0.1) is 0 Å². The second kappa shape index (κ2) is 7.22. The maximum absolute atomic E-state index is 5.62. The quantitative estimate of drug-likeness (QED) is 0.870. The Morgan fingerprint density at radius 3 is 1.55 bits per heavy atom. The lowest BCUT2D eigenvalue weighted by molar-refractivity contribution is 0.319. The van der Waals surface area contributed by atoms with Crippen molar-refractivity contribution in [2.45, 2.75) is 33.0 Å². The molecule has 2 rings (SSSR count). The second-order valence-electron chi connectivity index (χ2n) is 5.36. The van der Waals surface area contributed by atoms with Gasteiger partial charge < -0.3 is 5.73 Å². The molecular weight excluding hydrogens is 244 g/mol. The van der Waals surface area contributed by atoms with Gasteiger partial charge in [-0.25, -0.2) is 0 Å². The lowest BCUT2D eigenvalue weighted by atomic mass is 10.1. The number of nitrogens with two attached hydrogens (primary N) is 1. The molecule has 0 fully saturated rings. The highest BCUT2D eigenvalue weighted by Crippen LogP contribution is 2.11. The van der Waals surface area contributed by atoms with Crippen LogP contribution in [0.1, 0.15) is 29.2 Å². The van der Waals surface area contributed by atoms with Gasteiger partial charge in [-0.05, 0) is 35.7 Å². The average molecular weight is 268 g/mol. The monoisotopic (exact) mass is 268 g/mol. The molecule has 2 aromatic rings. The van der Waals surface area contributed by atoms with E-state index >= 15 is 0 Å². The van der Waals surface area contributed by atoms with Crippen LogP contribution in [0.25, 0.3) is 0 Å². The van der Waals surface area contributed by atoms with Crippen LogP contribution < -0.4 is 5.73 Å². The molecule has 2 aromatic carbocycles. The predicted octanol–water partition coefficient (Wildman–Crippen LogP) is 3.34. The highest BCUT2D eigenvalue weighted by molar-refractivity contribution is 5.24. The van der Waals surface area contributed by atoms with Gasteiger partial charge in [0.15, 0.2) is 0 Å². The fourth-order valence-electron chi connectivity index (χ4n) is 2.34. The van der Waals surface area contributed by atoms with E-state index in [1.54, 1.807) is 0 Å². The van der Waals surface area contributed by atoms with E-state index in [2.05, 4.69) is 67.4 Å². The molecule has 0 aliphatic rings. The summed E-state index contributed by atoms with van der Waals surface area (Å²) < 4.78 is 0. The van der Waals surface area contributed by atoms with Crippen molar-refractivity contribution < 1.29 is 0 Å². The topological polar surface area (TPSA) is 29.3 Å². The molecule has 2 heteroatoms. The summed E-state index contributed by atoms with van der Waals surface area (Å²) in [5.74, 6) is 0. The summed E-state index contributed by atoms with van der Waals surface area (Å²) in [6.07, 6.45) is 1.10. The molecule has 0 unspecified atom stereocenters. The molecule has 0 atom stereocenters. The average Bonchev–Trinajstić information content (AvgIpc) is 2.49. The van der Waals surface area contributed by atoms with Crippen LogP contribution in [-0.2, 0) is 26.1 Å². The fraction of sp³-hybridized carbons (Fsp3) is 0.333. The molecule has 0 saturated heterocycles. The Hall–Kier alpha value is -1.64. The van der Waals surface area contributed by atoms with Crippen LogP contribution in [0.15, 0.2) is 48.5 Å². The van der Waals surface area contributed by atoms with Crippen LogP contribution in [0.4, 0.5) is 0 Å². The first-order valence-electron chi connectivity index (χ1n) is 7.25. The third kappa shape index (κ3) is 4.19. The minimum atomic E-state index is 0.611. The number of benzene rings is 2. The first-order valence-corrected chi connectivity index (χ1v) is 7.25. The summed E-state index contributed by atoms with van der Waals surface area (Å²) in [7, 11) is 2.16. The first kappa shape index (κ1) is 14.8. The van der Waals surface area contributed by atoms with E-state index in [0.29, 0.717) is 6.54 Å². The second-order valence-corrected chi connectivity index (χ2v) is 5.36. The zero-order chi connectivity index (χ0) is 14.4. The minimum absolute atomic E-state index is 0.611. The molecular formula is C18H24N2. The van der Waals surface area contributed by atoms with Crippen molar-refractivity contribution in [3.63, 3.8) is 0 Å². The van der Waals surface area contributed by atoms with Gasteiger partial charge in [-0.2, -0.15) is 0 Å². The molecule has 0 bridgehead atoms. The van der Waals surface area contributed by atoms with Crippen LogP contribution in [0.5, 0.6) is 0 Å². The summed E-state index contributed by atoms with van der Waals surface area (Å²) in [5, 5.41) is 0. The Kier molecular flexibility index (Phi) is 5.33. The minimum Gasteiger partial charge on any atom is -0.326 e. The lowest BCUT2D eigenvalue weighted by Gasteiger charge is -2.17. The maximum Gasteiger partial charge on any atom is 0.0234 e. The molecule has 0 aliphatic carbocycles. The smallest absolute Gasteiger partial charge is 0.0234 e. The molecule has 0 aliphatic heterocycles. The van der Waals surface area contributed by atoms with Crippen LogP contribution >= 0.6 is 0 Å². The van der Waals surface area contributed by atoms with Crippen LogP contribution in [0.3, 0.4) is 0 Å². The lowest BCUT2D eigenvalue weighted by Crippen LogP contribution is -2.17. The Morgan fingerprint density at radius 2 is 1.15 bits per heavy atom. The molecule has 2 N–H and O–H groups in total. The van der Waals surface area contributed by atoms with Gasteiger partial charge in [0, 0.05) is 19.6 Å². The predicted molar refractivity (Wildman–Crippen MR) is 85.3 cm³/mol. The largest absolute Gasteiger partial charge is 0.326 e. The SMILES string of the molecule is CCc1ccc(CN(C)Cc2ccc(CN)cc2)cc1. The number of nitrogens with zero attached hydrogens (tertiary/aromatic N) is 1. The number of rotatable bonds is 6. The van der Waals surface area contributed by atoms with E-state index < -0.39 is 0 Å². The van der Waals surface area contributed by atoms with Gasteiger partial charge in [0.25, 0.3) is 0 Å². The van der Waals surface area contributed by atoms with Crippen molar-refractivity contribution >= 4 is 0 Å². The van der Waals surface area contributed by atoms with E-state index in [-0.39, 0.29) is 0 Å². The van der Waals surface area contributed by atoms with E-state index in [9.17, 15) is 0 Å². The van der Waals surface area contributed by atoms with Crippen LogP contribution in [0.2, 0.25) is 0 Å². The zero-order valence-corrected chi connectivity index (χ0v) is 12.5. The van der Waals surface area contributed by atoms with Gasteiger partial charge >= 0.3 is 0 Å². The number of hydrogen-bond donors (Lipinski definition) is 1. The molecule has 106 valence electrons. The number of hydrogen-bond acceptors (Lipinski definition) is 2. The van der Waals surface area contributed by atoms with Crippen molar-refractivity contribution in [1.29, 1.82) is 0 Å². The standard InChI is InChI=1S/C18H24N2/c1-3-15-4-8-17(9-5-15)13-20(2)14-18-10-6-16(12-19)7-11-18/h4-11H,3,12-14,19H2,1-2H3. The van der Waals surface area contributed by atoms with Gasteiger partial charge in [0.2, 0.25) is 0 Å². The third-order valence-electron chi connectivity index (χ3n) is 3.59. The summed E-state index contributed by atoms with van der Waals surface area (Å²) in [5.41, 5.74) is 10.9. The molecule has 0 saturated carbocycles. The van der Waals surface area contributed by atoms with E-state index in [1.807, 2.05) is 0 Å². The van der Waals surface area contributed by atoms with Crippen molar-refractivity contribution in [2.24, 2.45) is 5.73 Å². The van der Waals surface area contributed by atoms with Gasteiger partial charge in [0.05, 0.1) is 0 Å². The Bertz CT molecular complexity index is 465. The van der Waals surface area contributed by atoms with E-state index in [4.69, 9.17) is 5.73 Å². The van der Waals surface area contributed by atoms with Crippen molar-refractivity contribution in [3.05, 3.63) is 70.8 Å². The first-order chi connectivity index (χ1) is 9.71. The molecule has 0 heterocycles. The summed E-state index contributed by atoms with van der Waals surface area (Å²) in [6.45, 7) is 4.73. The molecule has 0 radical (unpaired) electrons. The normalized spacial score (nSPS) is 11.0. The maximum atomic E-state index is 5.62. The molecule has 20 heavy (non-hydrogen) atoms. The molecule has 0 aromatic heterocycles. The third-order valence-corrected chi connectivity index (χ3v) is 3.59. The number of aryl methyl sites for hydroxylation is 1. The summed E-state index contributed by atoms with van der Waals surface area (Å²) >= 11 is 0. The fourth-order valence-corrected chi connectivity index (χ4v) is 2.34. The van der Waals surface area contributed by atoms with Crippen molar-refractivity contribution in [1.82, 2.24) is 4.90 Å². The molecule has 0 amide bonds. The van der Waals surface area contributed by atoms with Gasteiger partial charge in [-0.15, -0.1) is 0 Å². The zero-order valence-electron chi connectivity index (χ0n) is 12.5. The Labute approximate surface area is 122 Å². The van der Waals surface area contributed by atoms with Crippen molar-refractivity contribution in [3.8, 4) is 0 Å². The van der Waals surface area contributed by atoms with E-state index in [1.165, 1.54) is 22.3 Å². The highest BCUT2D eigenvalue weighted by Gasteiger charge is 2.02. The molecule has 0 spiro atoms. The summed E-state index contributed by atoms with van der Waals surface area (Å²) in [4.78, 5) is 2.33. The molecule has 2 nitrogen and oxygen atoms in total.